The molecule has 1 aromatic heterocycles. The number of hydrogen-bond acceptors (Lipinski definition) is 5. The highest BCUT2D eigenvalue weighted by Gasteiger charge is 2.19. The van der Waals surface area contributed by atoms with Gasteiger partial charge >= 0.3 is 0 Å². The zero-order chi connectivity index (χ0) is 15.2. The molecule has 118 valence electrons. The molecule has 1 aliphatic heterocycles. The maximum atomic E-state index is 9.24. The van der Waals surface area contributed by atoms with Gasteiger partial charge in [0.05, 0.1) is 17.7 Å². The largest absolute Gasteiger partial charge is 0.396 e. The summed E-state index contributed by atoms with van der Waals surface area (Å²) in [7, 11) is 0. The fourth-order valence-corrected chi connectivity index (χ4v) is 3.47. The lowest BCUT2D eigenvalue weighted by Gasteiger charge is -2.31. The van der Waals surface area contributed by atoms with E-state index in [4.69, 9.17) is 0 Å². The summed E-state index contributed by atoms with van der Waals surface area (Å²) in [6, 6.07) is 8.51. The third-order valence-corrected chi connectivity index (χ3v) is 4.96. The molecule has 0 atom stereocenters. The number of para-hydroxylation sites is 1. The maximum Gasteiger partial charge on any atom is 0.0795 e. The van der Waals surface area contributed by atoms with E-state index in [0.717, 1.165) is 44.7 Å². The monoisotopic (exact) mass is 317 g/mol. The number of piperidine rings is 1. The van der Waals surface area contributed by atoms with E-state index in [1.807, 2.05) is 5.51 Å². The topological polar surface area (TPSA) is 48.4 Å². The van der Waals surface area contributed by atoms with Crippen molar-refractivity contribution in [1.29, 1.82) is 0 Å². The third kappa shape index (κ3) is 4.06. The predicted octanol–water partition coefficient (Wildman–Crippen LogP) is 2.96. The Hall–Kier alpha value is -1.43. The minimum absolute atomic E-state index is 0.333. The molecule has 2 N–H and O–H groups in total. The summed E-state index contributed by atoms with van der Waals surface area (Å²) in [5.74, 6) is 0.495. The Balaban J connectivity index is 1.59. The van der Waals surface area contributed by atoms with Crippen LogP contribution in [0.2, 0.25) is 0 Å². The van der Waals surface area contributed by atoms with Crippen LogP contribution in [-0.4, -0.2) is 34.7 Å². The van der Waals surface area contributed by atoms with Gasteiger partial charge in [-0.05, 0) is 43.5 Å². The number of rotatable bonds is 6. The van der Waals surface area contributed by atoms with Crippen LogP contribution < -0.4 is 5.32 Å². The molecule has 5 heteroatoms. The lowest BCUT2D eigenvalue weighted by Crippen LogP contribution is -2.34. The van der Waals surface area contributed by atoms with Crippen LogP contribution in [0.15, 0.2) is 35.2 Å². The van der Waals surface area contributed by atoms with Gasteiger partial charge in [-0.1, -0.05) is 18.2 Å². The molecule has 0 aliphatic carbocycles. The van der Waals surface area contributed by atoms with Crippen molar-refractivity contribution in [3.05, 3.63) is 46.4 Å². The summed E-state index contributed by atoms with van der Waals surface area (Å²) < 4.78 is 0. The highest BCUT2D eigenvalue weighted by molar-refractivity contribution is 7.07. The van der Waals surface area contributed by atoms with E-state index in [2.05, 4.69) is 44.8 Å². The van der Waals surface area contributed by atoms with E-state index in [1.165, 1.54) is 11.3 Å². The Morgan fingerprint density at radius 1 is 1.27 bits per heavy atom. The fourth-order valence-electron chi connectivity index (χ4n) is 2.91. The number of anilines is 1. The average molecular weight is 317 g/mol. The van der Waals surface area contributed by atoms with Crippen molar-refractivity contribution in [2.75, 3.05) is 25.0 Å². The summed E-state index contributed by atoms with van der Waals surface area (Å²) in [5, 5.41) is 14.8. The first-order valence-corrected chi connectivity index (χ1v) is 8.81. The number of nitrogens with one attached hydrogen (secondary N) is 1. The van der Waals surface area contributed by atoms with Gasteiger partial charge in [0.2, 0.25) is 0 Å². The average Bonchev–Trinajstić information content (AvgIpc) is 3.08. The van der Waals surface area contributed by atoms with Gasteiger partial charge < -0.3 is 10.4 Å². The summed E-state index contributed by atoms with van der Waals surface area (Å²) in [6.07, 6.45) is 2.20. The van der Waals surface area contributed by atoms with Crippen molar-refractivity contribution in [2.45, 2.75) is 25.9 Å². The second-order valence-corrected chi connectivity index (χ2v) is 6.61. The molecule has 0 amide bonds. The Morgan fingerprint density at radius 3 is 2.82 bits per heavy atom. The van der Waals surface area contributed by atoms with Crippen molar-refractivity contribution in [3.63, 3.8) is 0 Å². The van der Waals surface area contributed by atoms with Crippen LogP contribution in [0.1, 0.15) is 24.1 Å². The van der Waals surface area contributed by atoms with Gasteiger partial charge in [0, 0.05) is 24.2 Å². The summed E-state index contributed by atoms with van der Waals surface area (Å²) >= 11 is 1.63. The molecule has 1 aromatic carbocycles. The second kappa shape index (κ2) is 7.72. The van der Waals surface area contributed by atoms with Crippen LogP contribution in [0.3, 0.4) is 0 Å². The molecule has 0 radical (unpaired) electrons. The predicted molar refractivity (Wildman–Crippen MR) is 91.0 cm³/mol. The molecule has 1 aliphatic rings. The Bertz CT molecular complexity index is 565. The van der Waals surface area contributed by atoms with E-state index in [1.54, 1.807) is 11.3 Å². The Kier molecular flexibility index (Phi) is 5.43. The zero-order valence-electron chi connectivity index (χ0n) is 12.7. The molecule has 22 heavy (non-hydrogen) atoms. The smallest absolute Gasteiger partial charge is 0.0795 e. The van der Waals surface area contributed by atoms with Crippen molar-refractivity contribution in [1.82, 2.24) is 9.88 Å². The van der Waals surface area contributed by atoms with E-state index < -0.39 is 0 Å². The molecule has 0 unspecified atom stereocenters. The van der Waals surface area contributed by atoms with E-state index in [9.17, 15) is 5.11 Å². The van der Waals surface area contributed by atoms with Gasteiger partial charge in [-0.3, -0.25) is 4.90 Å². The standard InChI is InChI=1S/C17H23N3OS/c21-11-14-5-7-20(8-6-14)10-15-3-1-2-4-17(15)18-9-16-12-22-13-19-16/h1-4,12-14,18,21H,5-11H2. The maximum absolute atomic E-state index is 9.24. The van der Waals surface area contributed by atoms with Gasteiger partial charge in [0.1, 0.15) is 0 Å². The number of nitrogens with zero attached hydrogens (tertiary/aromatic N) is 2. The Morgan fingerprint density at radius 2 is 2.09 bits per heavy atom. The molecule has 3 rings (SSSR count). The van der Waals surface area contributed by atoms with Crippen LogP contribution >= 0.6 is 11.3 Å². The highest BCUT2D eigenvalue weighted by atomic mass is 32.1. The number of hydrogen-bond donors (Lipinski definition) is 2. The van der Waals surface area contributed by atoms with Crippen molar-refractivity contribution in [3.8, 4) is 0 Å². The molecule has 2 heterocycles. The summed E-state index contributed by atoms with van der Waals surface area (Å²) in [6.45, 7) is 4.22. The minimum atomic E-state index is 0.333. The summed E-state index contributed by atoms with van der Waals surface area (Å²) in [4.78, 5) is 6.80. The lowest BCUT2D eigenvalue weighted by atomic mass is 9.97. The molecule has 0 spiro atoms. The minimum Gasteiger partial charge on any atom is -0.396 e. The van der Waals surface area contributed by atoms with Crippen LogP contribution in [0.4, 0.5) is 5.69 Å². The van der Waals surface area contributed by atoms with Gasteiger partial charge in [-0.25, -0.2) is 4.98 Å². The quantitative estimate of drug-likeness (QED) is 0.860. The fraction of sp³-hybridized carbons (Fsp3) is 0.471. The van der Waals surface area contributed by atoms with Crippen LogP contribution in [0.25, 0.3) is 0 Å². The highest BCUT2D eigenvalue weighted by Crippen LogP contribution is 2.22. The lowest BCUT2D eigenvalue weighted by molar-refractivity contribution is 0.127. The molecule has 2 aromatic rings. The number of aliphatic hydroxyl groups excluding tert-OH is 1. The van der Waals surface area contributed by atoms with Crippen LogP contribution in [0, 0.1) is 5.92 Å². The third-order valence-electron chi connectivity index (χ3n) is 4.32. The molecular weight excluding hydrogens is 294 g/mol. The molecule has 1 saturated heterocycles. The number of benzene rings is 1. The van der Waals surface area contributed by atoms with Crippen LogP contribution in [0.5, 0.6) is 0 Å². The summed E-state index contributed by atoms with van der Waals surface area (Å²) in [5.41, 5.74) is 5.48. The molecule has 1 fully saturated rings. The Labute approximate surface area is 135 Å². The molecule has 4 nitrogen and oxygen atoms in total. The number of likely N-dealkylation sites (tertiary alicyclic amines) is 1. The zero-order valence-corrected chi connectivity index (χ0v) is 13.6. The molecule has 0 bridgehead atoms. The van der Waals surface area contributed by atoms with Gasteiger partial charge in [-0.15, -0.1) is 11.3 Å². The van der Waals surface area contributed by atoms with Gasteiger partial charge in [-0.2, -0.15) is 0 Å². The van der Waals surface area contributed by atoms with Crippen LogP contribution in [-0.2, 0) is 13.1 Å². The number of aromatic nitrogens is 1. The van der Waals surface area contributed by atoms with Crippen molar-refractivity contribution in [2.24, 2.45) is 5.92 Å². The number of aliphatic hydroxyl groups is 1. The van der Waals surface area contributed by atoms with E-state index >= 15 is 0 Å². The van der Waals surface area contributed by atoms with Crippen molar-refractivity contribution < 1.29 is 5.11 Å². The van der Waals surface area contributed by atoms with Gasteiger partial charge in [0.15, 0.2) is 0 Å². The first-order valence-electron chi connectivity index (χ1n) is 7.87. The molecular formula is C17H23N3OS. The van der Waals surface area contributed by atoms with E-state index in [-0.39, 0.29) is 0 Å². The first kappa shape index (κ1) is 15.5. The molecule has 0 saturated carbocycles. The number of thiazole rings is 1. The first-order chi connectivity index (χ1) is 10.8. The normalized spacial score (nSPS) is 16.8. The van der Waals surface area contributed by atoms with Crippen molar-refractivity contribution >= 4 is 17.0 Å². The SMILES string of the molecule is OCC1CCN(Cc2ccccc2NCc2cscn2)CC1. The second-order valence-electron chi connectivity index (χ2n) is 5.89. The van der Waals surface area contributed by atoms with E-state index in [0.29, 0.717) is 12.5 Å². The van der Waals surface area contributed by atoms with Gasteiger partial charge in [0.25, 0.3) is 0 Å².